The Morgan fingerprint density at radius 2 is 1.97 bits per heavy atom. The van der Waals surface area contributed by atoms with Crippen LogP contribution in [0.3, 0.4) is 0 Å². The van der Waals surface area contributed by atoms with E-state index in [4.69, 9.17) is 9.47 Å². The number of carbonyl (C=O) groups excluding carboxylic acids is 1. The summed E-state index contributed by atoms with van der Waals surface area (Å²) in [6, 6.07) is 12.7. The molecule has 2 rings (SSSR count). The Kier molecular flexibility index (Phi) is 9.05. The summed E-state index contributed by atoms with van der Waals surface area (Å²) in [6.45, 7) is 2.72. The highest BCUT2D eigenvalue weighted by Crippen LogP contribution is 2.29. The summed E-state index contributed by atoms with van der Waals surface area (Å²) in [7, 11) is 1.51. The molecule has 0 aliphatic carbocycles. The average molecular weight is 423 g/mol. The van der Waals surface area contributed by atoms with Crippen LogP contribution in [0, 0.1) is 21.4 Å². The number of amides is 1. The predicted octanol–water partition coefficient (Wildman–Crippen LogP) is 5.11. The van der Waals surface area contributed by atoms with Gasteiger partial charge in [0.05, 0.1) is 18.6 Å². The summed E-state index contributed by atoms with van der Waals surface area (Å²) in [5, 5.41) is 22.9. The van der Waals surface area contributed by atoms with Crippen LogP contribution < -0.4 is 14.8 Å². The first-order valence-electron chi connectivity index (χ1n) is 9.97. The predicted molar refractivity (Wildman–Crippen MR) is 118 cm³/mol. The SMILES string of the molecule is CCCCCCOc1ccc(/C=C(\C#N)C(=O)Nc2ccccc2[N+](=O)[O-])cc1OC. The van der Waals surface area contributed by atoms with Crippen LogP contribution in [0.1, 0.15) is 38.2 Å². The van der Waals surface area contributed by atoms with Gasteiger partial charge in [-0.3, -0.25) is 14.9 Å². The number of hydrogen-bond donors (Lipinski definition) is 1. The molecule has 0 fully saturated rings. The summed E-state index contributed by atoms with van der Waals surface area (Å²) in [6.07, 6.45) is 5.74. The second-order valence-electron chi connectivity index (χ2n) is 6.72. The van der Waals surface area contributed by atoms with E-state index in [-0.39, 0.29) is 16.9 Å². The quantitative estimate of drug-likeness (QED) is 0.177. The van der Waals surface area contributed by atoms with Crippen LogP contribution in [-0.4, -0.2) is 24.5 Å². The summed E-state index contributed by atoms with van der Waals surface area (Å²) in [5.41, 5.74) is 0.121. The Bertz CT molecular complexity index is 995. The van der Waals surface area contributed by atoms with E-state index in [1.807, 2.05) is 6.07 Å². The molecule has 8 heteroatoms. The lowest BCUT2D eigenvalue weighted by Crippen LogP contribution is -2.14. The van der Waals surface area contributed by atoms with Crippen LogP contribution in [-0.2, 0) is 4.79 Å². The van der Waals surface area contributed by atoms with Gasteiger partial charge in [-0.15, -0.1) is 0 Å². The topological polar surface area (TPSA) is 114 Å². The highest BCUT2D eigenvalue weighted by molar-refractivity contribution is 6.10. The number of unbranched alkanes of at least 4 members (excludes halogenated alkanes) is 3. The number of hydrogen-bond acceptors (Lipinski definition) is 6. The van der Waals surface area contributed by atoms with Crippen molar-refractivity contribution in [2.24, 2.45) is 0 Å². The Balaban J connectivity index is 2.15. The van der Waals surface area contributed by atoms with E-state index in [0.717, 1.165) is 25.7 Å². The molecule has 0 heterocycles. The summed E-state index contributed by atoms with van der Waals surface area (Å²) in [5.74, 6) is 0.326. The van der Waals surface area contributed by atoms with Crippen LogP contribution in [0.4, 0.5) is 11.4 Å². The molecule has 1 N–H and O–H groups in total. The summed E-state index contributed by atoms with van der Waals surface area (Å²) < 4.78 is 11.1. The van der Waals surface area contributed by atoms with E-state index in [9.17, 15) is 20.2 Å². The van der Waals surface area contributed by atoms with Crippen molar-refractivity contribution in [3.05, 3.63) is 63.7 Å². The molecule has 0 bridgehead atoms. The molecule has 0 aliphatic rings. The molecular weight excluding hydrogens is 398 g/mol. The monoisotopic (exact) mass is 423 g/mol. The number of ether oxygens (including phenoxy) is 2. The van der Waals surface area contributed by atoms with Crippen LogP contribution in [0.2, 0.25) is 0 Å². The van der Waals surface area contributed by atoms with Gasteiger partial charge in [0.25, 0.3) is 11.6 Å². The number of nitro groups is 1. The van der Waals surface area contributed by atoms with Crippen LogP contribution in [0.15, 0.2) is 48.0 Å². The molecule has 0 radical (unpaired) electrons. The van der Waals surface area contributed by atoms with Gasteiger partial charge in [-0.1, -0.05) is 44.4 Å². The van der Waals surface area contributed by atoms with E-state index < -0.39 is 10.8 Å². The zero-order valence-electron chi connectivity index (χ0n) is 17.6. The zero-order chi connectivity index (χ0) is 22.6. The molecule has 0 saturated heterocycles. The lowest BCUT2D eigenvalue weighted by atomic mass is 10.1. The smallest absolute Gasteiger partial charge is 0.292 e. The van der Waals surface area contributed by atoms with Crippen molar-refractivity contribution in [1.82, 2.24) is 0 Å². The van der Waals surface area contributed by atoms with Crippen LogP contribution in [0.5, 0.6) is 11.5 Å². The van der Waals surface area contributed by atoms with Gasteiger partial charge in [0, 0.05) is 6.07 Å². The third-order valence-corrected chi connectivity index (χ3v) is 4.47. The fraction of sp³-hybridized carbons (Fsp3) is 0.304. The first-order valence-corrected chi connectivity index (χ1v) is 9.97. The van der Waals surface area contributed by atoms with Gasteiger partial charge in [0.1, 0.15) is 17.3 Å². The molecule has 0 unspecified atom stereocenters. The van der Waals surface area contributed by atoms with Crippen molar-refractivity contribution >= 4 is 23.4 Å². The van der Waals surface area contributed by atoms with Crippen LogP contribution in [0.25, 0.3) is 6.08 Å². The number of benzene rings is 2. The number of methoxy groups -OCH3 is 1. The largest absolute Gasteiger partial charge is 0.493 e. The molecule has 0 atom stereocenters. The Labute approximate surface area is 181 Å². The number of nitrogens with zero attached hydrogens (tertiary/aromatic N) is 2. The van der Waals surface area contributed by atoms with E-state index in [2.05, 4.69) is 12.2 Å². The van der Waals surface area contributed by atoms with Crippen molar-refractivity contribution < 1.29 is 19.2 Å². The Morgan fingerprint density at radius 3 is 2.65 bits per heavy atom. The van der Waals surface area contributed by atoms with E-state index in [1.54, 1.807) is 24.3 Å². The Morgan fingerprint density at radius 1 is 1.19 bits per heavy atom. The minimum atomic E-state index is -0.744. The van der Waals surface area contributed by atoms with Crippen molar-refractivity contribution in [2.75, 3.05) is 19.0 Å². The summed E-state index contributed by atoms with van der Waals surface area (Å²) in [4.78, 5) is 23.0. The number of carbonyl (C=O) groups is 1. The van der Waals surface area contributed by atoms with E-state index >= 15 is 0 Å². The van der Waals surface area contributed by atoms with Gasteiger partial charge in [0.15, 0.2) is 11.5 Å². The van der Waals surface area contributed by atoms with Crippen molar-refractivity contribution in [2.45, 2.75) is 32.6 Å². The molecular formula is C23H25N3O5. The fourth-order valence-corrected chi connectivity index (χ4v) is 2.85. The molecule has 31 heavy (non-hydrogen) atoms. The number of para-hydroxylation sites is 2. The second kappa shape index (κ2) is 12.0. The highest BCUT2D eigenvalue weighted by atomic mass is 16.6. The molecule has 0 saturated carbocycles. The maximum absolute atomic E-state index is 12.5. The maximum atomic E-state index is 12.5. The van der Waals surface area contributed by atoms with Gasteiger partial charge in [-0.05, 0) is 36.3 Å². The minimum Gasteiger partial charge on any atom is -0.493 e. The first kappa shape index (κ1) is 23.4. The number of anilines is 1. The molecule has 2 aromatic rings. The van der Waals surface area contributed by atoms with Crippen molar-refractivity contribution in [1.29, 1.82) is 5.26 Å². The number of nitrogens with one attached hydrogen (secondary N) is 1. The van der Waals surface area contributed by atoms with Gasteiger partial charge in [-0.2, -0.15) is 5.26 Å². The minimum absolute atomic E-state index is 0.0167. The highest BCUT2D eigenvalue weighted by Gasteiger charge is 2.17. The maximum Gasteiger partial charge on any atom is 0.292 e. The van der Waals surface area contributed by atoms with Gasteiger partial charge < -0.3 is 14.8 Å². The number of nitriles is 1. The second-order valence-corrected chi connectivity index (χ2v) is 6.72. The van der Waals surface area contributed by atoms with Crippen molar-refractivity contribution in [3.63, 3.8) is 0 Å². The number of rotatable bonds is 11. The average Bonchev–Trinajstić information content (AvgIpc) is 2.77. The standard InChI is InChI=1S/C23H25N3O5/c1-3-4-5-8-13-31-21-12-11-17(15-22(21)30-2)14-18(16-24)23(27)25-19-9-6-7-10-20(19)26(28)29/h6-7,9-12,14-15H,3-5,8,13H2,1-2H3,(H,25,27)/b18-14+. The van der Waals surface area contributed by atoms with E-state index in [0.29, 0.717) is 23.7 Å². The molecule has 0 spiro atoms. The van der Waals surface area contributed by atoms with E-state index in [1.165, 1.54) is 31.4 Å². The first-order chi connectivity index (χ1) is 15.0. The molecule has 0 aliphatic heterocycles. The molecule has 2 aromatic carbocycles. The Hall–Kier alpha value is -3.86. The molecule has 1 amide bonds. The molecule has 8 nitrogen and oxygen atoms in total. The third kappa shape index (κ3) is 6.85. The summed E-state index contributed by atoms with van der Waals surface area (Å²) >= 11 is 0. The van der Waals surface area contributed by atoms with Crippen molar-refractivity contribution in [3.8, 4) is 17.6 Å². The van der Waals surface area contributed by atoms with Gasteiger partial charge in [-0.25, -0.2) is 0 Å². The van der Waals surface area contributed by atoms with Gasteiger partial charge >= 0.3 is 0 Å². The van der Waals surface area contributed by atoms with Gasteiger partial charge in [0.2, 0.25) is 0 Å². The molecule has 0 aromatic heterocycles. The normalized spacial score (nSPS) is 10.8. The third-order valence-electron chi connectivity index (χ3n) is 4.47. The lowest BCUT2D eigenvalue weighted by molar-refractivity contribution is -0.383. The van der Waals surface area contributed by atoms with Crippen LogP contribution >= 0.6 is 0 Å². The number of nitro benzene ring substituents is 1. The lowest BCUT2D eigenvalue weighted by Gasteiger charge is -2.11. The zero-order valence-corrected chi connectivity index (χ0v) is 17.6. The fourth-order valence-electron chi connectivity index (χ4n) is 2.85. The molecule has 162 valence electrons.